The van der Waals surface area contributed by atoms with Crippen LogP contribution in [0.3, 0.4) is 0 Å². The molecule has 0 amide bonds. The minimum Gasteiger partial charge on any atom is -0.459 e. The molecule has 0 aromatic rings. The van der Waals surface area contributed by atoms with E-state index in [-0.39, 0.29) is 18.8 Å². The Kier molecular flexibility index (Phi) is 13.5. The van der Waals surface area contributed by atoms with Gasteiger partial charge in [0.15, 0.2) is 0 Å². The summed E-state index contributed by atoms with van der Waals surface area (Å²) in [4.78, 5) is 24.7. The van der Waals surface area contributed by atoms with Crippen molar-refractivity contribution < 1.29 is 19.1 Å². The lowest BCUT2D eigenvalue weighted by Gasteiger charge is -2.17. The number of hydrogen-bond donors (Lipinski definition) is 0. The molecule has 0 radical (unpaired) electrons. The Hall–Kier alpha value is -2.55. The molecule has 0 heterocycles. The summed E-state index contributed by atoms with van der Waals surface area (Å²) in [5, 5.41) is 9.04. The molecular formula is C19H28N2O4. The van der Waals surface area contributed by atoms with Crippen molar-refractivity contribution >= 4 is 11.9 Å². The van der Waals surface area contributed by atoms with Crippen LogP contribution in [-0.2, 0) is 19.1 Å². The molecule has 0 aliphatic heterocycles. The maximum Gasteiger partial charge on any atom is 0.349 e. The molecule has 0 aliphatic carbocycles. The van der Waals surface area contributed by atoms with Crippen molar-refractivity contribution in [2.24, 2.45) is 0 Å². The number of carbonyl (C=O) groups excluding carboxylic acids is 2. The fourth-order valence-electron chi connectivity index (χ4n) is 1.90. The maximum atomic E-state index is 11.8. The van der Waals surface area contributed by atoms with Gasteiger partial charge in [-0.3, -0.25) is 0 Å². The largest absolute Gasteiger partial charge is 0.459 e. The molecule has 0 atom stereocenters. The normalized spacial score (nSPS) is 11.0. The van der Waals surface area contributed by atoms with Crippen molar-refractivity contribution in [3.05, 3.63) is 36.6 Å². The Bertz CT molecular complexity index is 518. The monoisotopic (exact) mass is 348 g/mol. The standard InChI is InChI=1S/C19H28N2O4/c1-4-7-8-9-12-21(6-3)13-10-11-17(16-20)19(23)25-15-14-24-18(22)5-2/h5,10-11,13H,2,4,6-9,12,14-15H2,1,3H3/b13-10+,17-11-. The van der Waals surface area contributed by atoms with Crippen LogP contribution < -0.4 is 0 Å². The first-order chi connectivity index (χ1) is 12.1. The van der Waals surface area contributed by atoms with Gasteiger partial charge in [0.2, 0.25) is 0 Å². The van der Waals surface area contributed by atoms with Crippen molar-refractivity contribution in [3.63, 3.8) is 0 Å². The van der Waals surface area contributed by atoms with Gasteiger partial charge >= 0.3 is 11.9 Å². The summed E-state index contributed by atoms with van der Waals surface area (Å²) >= 11 is 0. The van der Waals surface area contributed by atoms with E-state index in [0.29, 0.717) is 0 Å². The first kappa shape index (κ1) is 22.4. The van der Waals surface area contributed by atoms with Gasteiger partial charge in [-0.2, -0.15) is 5.26 Å². The molecule has 25 heavy (non-hydrogen) atoms. The molecule has 0 unspecified atom stereocenters. The molecule has 0 spiro atoms. The van der Waals surface area contributed by atoms with Crippen molar-refractivity contribution in [2.45, 2.75) is 39.5 Å². The second-order valence-corrected chi connectivity index (χ2v) is 5.23. The number of nitrogens with zero attached hydrogens (tertiary/aromatic N) is 2. The van der Waals surface area contributed by atoms with Gasteiger partial charge < -0.3 is 14.4 Å². The predicted octanol–water partition coefficient (Wildman–Crippen LogP) is 3.12. The number of ether oxygens (including phenoxy) is 2. The summed E-state index contributed by atoms with van der Waals surface area (Å²) in [6.45, 7) is 9.10. The molecular weight excluding hydrogens is 320 g/mol. The first-order valence-electron chi connectivity index (χ1n) is 8.57. The van der Waals surface area contributed by atoms with Crippen LogP contribution >= 0.6 is 0 Å². The zero-order valence-corrected chi connectivity index (χ0v) is 15.2. The highest BCUT2D eigenvalue weighted by Crippen LogP contribution is 2.03. The van der Waals surface area contributed by atoms with Gasteiger partial charge in [-0.05, 0) is 31.7 Å². The Morgan fingerprint density at radius 3 is 2.48 bits per heavy atom. The molecule has 0 saturated carbocycles. The van der Waals surface area contributed by atoms with E-state index in [1.807, 2.05) is 12.3 Å². The molecule has 0 aromatic heterocycles. The first-order valence-corrected chi connectivity index (χ1v) is 8.57. The molecule has 0 rings (SSSR count). The highest BCUT2D eigenvalue weighted by molar-refractivity contribution is 5.93. The SMILES string of the molecule is C=CC(=O)OCCOC(=O)/C(C#N)=C\C=C\N(CC)CCCCCC. The van der Waals surface area contributed by atoms with Gasteiger partial charge in [-0.25, -0.2) is 9.59 Å². The number of rotatable bonds is 13. The molecule has 0 bridgehead atoms. The van der Waals surface area contributed by atoms with Gasteiger partial charge in [0.05, 0.1) is 0 Å². The second-order valence-electron chi connectivity index (χ2n) is 5.23. The van der Waals surface area contributed by atoms with E-state index in [1.54, 1.807) is 6.08 Å². The van der Waals surface area contributed by atoms with E-state index in [0.717, 1.165) is 25.6 Å². The van der Waals surface area contributed by atoms with E-state index in [1.165, 1.54) is 25.3 Å². The van der Waals surface area contributed by atoms with Crippen LogP contribution in [0.4, 0.5) is 0 Å². The lowest BCUT2D eigenvalue weighted by atomic mass is 10.2. The van der Waals surface area contributed by atoms with E-state index >= 15 is 0 Å². The topological polar surface area (TPSA) is 79.6 Å². The van der Waals surface area contributed by atoms with Crippen LogP contribution in [0.25, 0.3) is 0 Å². The lowest BCUT2D eigenvalue weighted by molar-refractivity contribution is -0.146. The average Bonchev–Trinajstić information content (AvgIpc) is 2.63. The molecule has 0 fully saturated rings. The minimum atomic E-state index is -0.743. The fourth-order valence-corrected chi connectivity index (χ4v) is 1.90. The Labute approximate surface area is 150 Å². The highest BCUT2D eigenvalue weighted by atomic mass is 16.6. The summed E-state index contributed by atoms with van der Waals surface area (Å²) in [5.74, 6) is -1.33. The number of esters is 2. The summed E-state index contributed by atoms with van der Waals surface area (Å²) in [6.07, 6.45) is 10.7. The van der Waals surface area contributed by atoms with Gasteiger partial charge in [0.25, 0.3) is 0 Å². The van der Waals surface area contributed by atoms with Crippen molar-refractivity contribution in [1.82, 2.24) is 4.90 Å². The van der Waals surface area contributed by atoms with Gasteiger partial charge in [0, 0.05) is 19.2 Å². The Morgan fingerprint density at radius 2 is 1.88 bits per heavy atom. The molecule has 138 valence electrons. The summed E-state index contributed by atoms with van der Waals surface area (Å²) in [6, 6.07) is 1.81. The van der Waals surface area contributed by atoms with Crippen LogP contribution in [-0.4, -0.2) is 43.1 Å². The Morgan fingerprint density at radius 1 is 1.16 bits per heavy atom. The third kappa shape index (κ3) is 11.6. The smallest absolute Gasteiger partial charge is 0.349 e. The molecule has 0 saturated heterocycles. The van der Waals surface area contributed by atoms with Gasteiger partial charge in [-0.15, -0.1) is 0 Å². The number of allylic oxidation sites excluding steroid dienone is 2. The molecule has 0 N–H and O–H groups in total. The summed E-state index contributed by atoms with van der Waals surface area (Å²) in [7, 11) is 0. The zero-order chi connectivity index (χ0) is 18.9. The summed E-state index contributed by atoms with van der Waals surface area (Å²) in [5.41, 5.74) is -0.103. The highest BCUT2D eigenvalue weighted by Gasteiger charge is 2.09. The Balaban J connectivity index is 4.35. The maximum absolute atomic E-state index is 11.8. The van der Waals surface area contributed by atoms with E-state index in [4.69, 9.17) is 10.00 Å². The molecule has 6 heteroatoms. The fraction of sp³-hybridized carbons (Fsp3) is 0.526. The van der Waals surface area contributed by atoms with Crippen LogP contribution in [0, 0.1) is 11.3 Å². The van der Waals surface area contributed by atoms with E-state index in [2.05, 4.69) is 30.1 Å². The quantitative estimate of drug-likeness (QED) is 0.167. The molecule has 0 aromatic carbocycles. The number of unbranched alkanes of at least 4 members (excludes halogenated alkanes) is 3. The van der Waals surface area contributed by atoms with Crippen molar-refractivity contribution in [2.75, 3.05) is 26.3 Å². The van der Waals surface area contributed by atoms with Gasteiger partial charge in [0.1, 0.15) is 24.9 Å². The van der Waals surface area contributed by atoms with E-state index < -0.39 is 11.9 Å². The average molecular weight is 348 g/mol. The molecule has 6 nitrogen and oxygen atoms in total. The third-order valence-electron chi connectivity index (χ3n) is 3.33. The number of hydrogen-bond acceptors (Lipinski definition) is 6. The number of carbonyl (C=O) groups is 2. The lowest BCUT2D eigenvalue weighted by Crippen LogP contribution is -2.17. The van der Waals surface area contributed by atoms with Crippen LogP contribution in [0.2, 0.25) is 0 Å². The van der Waals surface area contributed by atoms with Crippen molar-refractivity contribution in [1.29, 1.82) is 5.26 Å². The second kappa shape index (κ2) is 15.0. The number of nitriles is 1. The van der Waals surface area contributed by atoms with Crippen LogP contribution in [0.1, 0.15) is 39.5 Å². The summed E-state index contributed by atoms with van der Waals surface area (Å²) < 4.78 is 9.56. The van der Waals surface area contributed by atoms with Crippen molar-refractivity contribution in [3.8, 4) is 6.07 Å². The van der Waals surface area contributed by atoms with E-state index in [9.17, 15) is 9.59 Å². The van der Waals surface area contributed by atoms with Crippen LogP contribution in [0.5, 0.6) is 0 Å². The predicted molar refractivity (Wildman–Crippen MR) is 96.3 cm³/mol. The minimum absolute atomic E-state index is 0.0769. The third-order valence-corrected chi connectivity index (χ3v) is 3.33. The molecule has 0 aliphatic rings. The zero-order valence-electron chi connectivity index (χ0n) is 15.2. The van der Waals surface area contributed by atoms with Crippen LogP contribution in [0.15, 0.2) is 36.6 Å². The van der Waals surface area contributed by atoms with Gasteiger partial charge in [-0.1, -0.05) is 32.8 Å².